The minimum absolute atomic E-state index is 0.164. The second-order valence-electron chi connectivity index (χ2n) is 6.68. The molecular formula is C18H18BrN3O. The maximum Gasteiger partial charge on any atom is 0.224 e. The lowest BCUT2D eigenvalue weighted by Gasteiger charge is -2.40. The Morgan fingerprint density at radius 3 is 2.74 bits per heavy atom. The minimum Gasteiger partial charge on any atom is -0.366 e. The minimum atomic E-state index is -0.492. The van der Waals surface area contributed by atoms with Crippen molar-refractivity contribution < 1.29 is 4.84 Å². The van der Waals surface area contributed by atoms with E-state index < -0.39 is 5.72 Å². The van der Waals surface area contributed by atoms with Crippen LogP contribution in [0.15, 0.2) is 52.4 Å². The molecule has 2 aromatic rings. The molecule has 3 heterocycles. The zero-order valence-electron chi connectivity index (χ0n) is 13.4. The first-order valence-corrected chi connectivity index (χ1v) is 8.44. The number of nitrogens with zero attached hydrogens (tertiary/aromatic N) is 3. The van der Waals surface area contributed by atoms with E-state index in [-0.39, 0.29) is 5.41 Å². The molecule has 23 heavy (non-hydrogen) atoms. The standard InChI is InChI=1S/C18H18BrN3O/c1-17(2)14-6-4-5-7-16(14)22(3)18(17)9-15(21-23-18)12-8-13(19)11-20-10-12/h4-8,10-11H,9H2,1-3H3/t18-/m1/s1. The fraction of sp³-hybridized carbons (Fsp3) is 0.333. The molecule has 1 aromatic heterocycles. The van der Waals surface area contributed by atoms with Gasteiger partial charge in [-0.25, -0.2) is 0 Å². The van der Waals surface area contributed by atoms with Crippen molar-refractivity contribution in [1.82, 2.24) is 4.98 Å². The summed E-state index contributed by atoms with van der Waals surface area (Å²) in [6, 6.07) is 10.5. The van der Waals surface area contributed by atoms with E-state index in [1.807, 2.05) is 12.3 Å². The number of para-hydroxylation sites is 1. The smallest absolute Gasteiger partial charge is 0.224 e. The molecule has 118 valence electrons. The molecule has 0 unspecified atom stereocenters. The SMILES string of the molecule is CN1c2ccccc2C(C)(C)[C@]12CC(c1cncc(Br)c1)=NO2. The molecule has 0 N–H and O–H groups in total. The first-order chi connectivity index (χ1) is 11.0. The molecule has 0 fully saturated rings. The summed E-state index contributed by atoms with van der Waals surface area (Å²) >= 11 is 3.47. The summed E-state index contributed by atoms with van der Waals surface area (Å²) in [5.41, 5.74) is 3.78. The van der Waals surface area contributed by atoms with Crippen LogP contribution in [0.1, 0.15) is 31.4 Å². The maximum absolute atomic E-state index is 6.09. The van der Waals surface area contributed by atoms with Gasteiger partial charge < -0.3 is 9.74 Å². The van der Waals surface area contributed by atoms with Crippen LogP contribution in [0.3, 0.4) is 0 Å². The quantitative estimate of drug-likeness (QED) is 0.757. The number of pyridine rings is 1. The number of hydrogen-bond donors (Lipinski definition) is 0. The highest BCUT2D eigenvalue weighted by Gasteiger charge is 2.61. The number of oxime groups is 1. The first-order valence-electron chi connectivity index (χ1n) is 7.65. The van der Waals surface area contributed by atoms with Crippen LogP contribution in [0.2, 0.25) is 0 Å². The normalized spacial score (nSPS) is 24.5. The summed E-state index contributed by atoms with van der Waals surface area (Å²) in [5.74, 6) is 0. The Bertz CT molecular complexity index is 817. The molecule has 2 aliphatic rings. The Morgan fingerprint density at radius 2 is 2.00 bits per heavy atom. The molecule has 0 aliphatic carbocycles. The molecule has 1 spiro atoms. The highest BCUT2D eigenvalue weighted by Crippen LogP contribution is 2.55. The third-order valence-corrected chi connectivity index (χ3v) is 5.64. The summed E-state index contributed by atoms with van der Waals surface area (Å²) in [6.45, 7) is 4.46. The van der Waals surface area contributed by atoms with Crippen molar-refractivity contribution in [2.75, 3.05) is 11.9 Å². The molecule has 4 rings (SSSR count). The highest BCUT2D eigenvalue weighted by molar-refractivity contribution is 9.10. The van der Waals surface area contributed by atoms with Gasteiger partial charge in [0, 0.05) is 35.2 Å². The van der Waals surface area contributed by atoms with E-state index in [1.165, 1.54) is 11.3 Å². The molecule has 0 bridgehead atoms. The summed E-state index contributed by atoms with van der Waals surface area (Å²) in [7, 11) is 2.09. The Hall–Kier alpha value is -1.88. The third-order valence-electron chi connectivity index (χ3n) is 5.21. The monoisotopic (exact) mass is 371 g/mol. The molecule has 4 nitrogen and oxygen atoms in total. The number of fused-ring (bicyclic) bond motifs is 1. The molecule has 0 radical (unpaired) electrons. The van der Waals surface area contributed by atoms with Gasteiger partial charge in [-0.05, 0) is 47.5 Å². The van der Waals surface area contributed by atoms with Crippen molar-refractivity contribution in [3.8, 4) is 0 Å². The molecule has 1 aromatic carbocycles. The van der Waals surface area contributed by atoms with Crippen LogP contribution in [-0.4, -0.2) is 23.5 Å². The zero-order chi connectivity index (χ0) is 16.2. The number of rotatable bonds is 1. The average molecular weight is 372 g/mol. The van der Waals surface area contributed by atoms with Gasteiger partial charge in [0.05, 0.1) is 17.5 Å². The van der Waals surface area contributed by atoms with Crippen molar-refractivity contribution in [2.24, 2.45) is 5.16 Å². The van der Waals surface area contributed by atoms with E-state index in [4.69, 9.17) is 4.84 Å². The lowest BCUT2D eigenvalue weighted by Crippen LogP contribution is -2.54. The number of halogens is 1. The van der Waals surface area contributed by atoms with Crippen molar-refractivity contribution in [3.05, 3.63) is 58.3 Å². The van der Waals surface area contributed by atoms with Crippen LogP contribution >= 0.6 is 15.9 Å². The molecule has 2 aliphatic heterocycles. The number of anilines is 1. The Morgan fingerprint density at radius 1 is 1.22 bits per heavy atom. The topological polar surface area (TPSA) is 37.7 Å². The van der Waals surface area contributed by atoms with Crippen LogP contribution in [-0.2, 0) is 10.3 Å². The van der Waals surface area contributed by atoms with E-state index in [0.29, 0.717) is 0 Å². The van der Waals surface area contributed by atoms with Crippen molar-refractivity contribution >= 4 is 27.3 Å². The lowest BCUT2D eigenvalue weighted by atomic mass is 9.75. The fourth-order valence-corrected chi connectivity index (χ4v) is 4.15. The maximum atomic E-state index is 6.09. The Kier molecular flexibility index (Phi) is 3.07. The third kappa shape index (κ3) is 1.89. The van der Waals surface area contributed by atoms with Gasteiger partial charge in [0.15, 0.2) is 0 Å². The molecule has 0 amide bonds. The lowest BCUT2D eigenvalue weighted by molar-refractivity contribution is -0.0591. The molecular weight excluding hydrogens is 354 g/mol. The van der Waals surface area contributed by atoms with E-state index >= 15 is 0 Å². The summed E-state index contributed by atoms with van der Waals surface area (Å²) in [5, 5.41) is 4.43. The summed E-state index contributed by atoms with van der Waals surface area (Å²) < 4.78 is 0.945. The van der Waals surface area contributed by atoms with Gasteiger partial charge >= 0.3 is 0 Å². The van der Waals surface area contributed by atoms with Crippen LogP contribution in [0, 0.1) is 0 Å². The van der Waals surface area contributed by atoms with Gasteiger partial charge in [0.1, 0.15) is 0 Å². The van der Waals surface area contributed by atoms with E-state index in [0.717, 1.165) is 22.2 Å². The molecule has 0 saturated carbocycles. The second kappa shape index (κ2) is 4.81. The van der Waals surface area contributed by atoms with Gasteiger partial charge in [0.2, 0.25) is 5.72 Å². The Labute approximate surface area is 144 Å². The second-order valence-corrected chi connectivity index (χ2v) is 7.60. The number of benzene rings is 1. The summed E-state index contributed by atoms with van der Waals surface area (Å²) in [4.78, 5) is 12.6. The number of likely N-dealkylation sites (N-methyl/N-ethyl adjacent to an activating group) is 1. The van der Waals surface area contributed by atoms with Crippen LogP contribution in [0.5, 0.6) is 0 Å². The Balaban J connectivity index is 1.75. The molecule has 0 saturated heterocycles. The fourth-order valence-electron chi connectivity index (χ4n) is 3.78. The first kappa shape index (κ1) is 14.7. The van der Waals surface area contributed by atoms with Crippen molar-refractivity contribution in [3.63, 3.8) is 0 Å². The van der Waals surface area contributed by atoms with Crippen molar-refractivity contribution in [1.29, 1.82) is 0 Å². The highest BCUT2D eigenvalue weighted by atomic mass is 79.9. The molecule has 1 atom stereocenters. The van der Waals surface area contributed by atoms with Crippen molar-refractivity contribution in [2.45, 2.75) is 31.4 Å². The van der Waals surface area contributed by atoms with Gasteiger partial charge in [-0.3, -0.25) is 4.98 Å². The predicted molar refractivity (Wildman–Crippen MR) is 94.8 cm³/mol. The zero-order valence-corrected chi connectivity index (χ0v) is 15.0. The predicted octanol–water partition coefficient (Wildman–Crippen LogP) is 4.09. The van der Waals surface area contributed by atoms with E-state index in [9.17, 15) is 0 Å². The molecule has 5 heteroatoms. The van der Waals surface area contributed by atoms with Gasteiger partial charge in [-0.2, -0.15) is 0 Å². The van der Waals surface area contributed by atoms with Crippen LogP contribution < -0.4 is 4.90 Å². The number of aromatic nitrogens is 1. The van der Waals surface area contributed by atoms with E-state index in [1.54, 1.807) is 6.20 Å². The van der Waals surface area contributed by atoms with Crippen LogP contribution in [0.25, 0.3) is 0 Å². The summed E-state index contributed by atoms with van der Waals surface area (Å²) in [6.07, 6.45) is 4.33. The van der Waals surface area contributed by atoms with Gasteiger partial charge in [-0.1, -0.05) is 23.4 Å². The van der Waals surface area contributed by atoms with E-state index in [2.05, 4.69) is 76.1 Å². The number of hydrogen-bond acceptors (Lipinski definition) is 4. The largest absolute Gasteiger partial charge is 0.366 e. The van der Waals surface area contributed by atoms with Gasteiger partial charge in [-0.15, -0.1) is 0 Å². The van der Waals surface area contributed by atoms with Gasteiger partial charge in [0.25, 0.3) is 0 Å². The van der Waals surface area contributed by atoms with Crippen LogP contribution in [0.4, 0.5) is 5.69 Å². The average Bonchev–Trinajstić information content (AvgIpc) is 3.06.